The highest BCUT2D eigenvalue weighted by Crippen LogP contribution is 2.37. The van der Waals surface area contributed by atoms with Gasteiger partial charge in [-0.1, -0.05) is 6.92 Å². The fraction of sp³-hybridized carbons (Fsp3) is 0.923. The molecule has 1 aliphatic heterocycles. The van der Waals surface area contributed by atoms with Gasteiger partial charge in [0.15, 0.2) is 0 Å². The quantitative estimate of drug-likeness (QED) is 0.728. The van der Waals surface area contributed by atoms with E-state index < -0.39 is 0 Å². The van der Waals surface area contributed by atoms with E-state index in [9.17, 15) is 4.79 Å². The average molecular weight is 240 g/mol. The van der Waals surface area contributed by atoms with Crippen LogP contribution in [0, 0.1) is 5.92 Å². The Kier molecular flexibility index (Phi) is 4.40. The van der Waals surface area contributed by atoms with Gasteiger partial charge in [-0.3, -0.25) is 9.69 Å². The smallest absolute Gasteiger partial charge is 0.324 e. The van der Waals surface area contributed by atoms with E-state index in [0.717, 1.165) is 32.0 Å². The van der Waals surface area contributed by atoms with E-state index in [0.29, 0.717) is 12.6 Å². The molecule has 4 nitrogen and oxygen atoms in total. The minimum Gasteiger partial charge on any atom is -0.465 e. The average Bonchev–Trinajstić information content (AvgIpc) is 3.15. The Labute approximate surface area is 104 Å². The Hall–Kier alpha value is -0.610. The third kappa shape index (κ3) is 2.99. The van der Waals surface area contributed by atoms with E-state index in [2.05, 4.69) is 17.1 Å². The highest BCUT2D eigenvalue weighted by Gasteiger charge is 2.40. The molecule has 98 valence electrons. The maximum absolute atomic E-state index is 12.0. The predicted molar refractivity (Wildman–Crippen MR) is 66.8 cm³/mol. The maximum atomic E-state index is 12.0. The van der Waals surface area contributed by atoms with Gasteiger partial charge in [0.25, 0.3) is 0 Å². The van der Waals surface area contributed by atoms with E-state index in [4.69, 9.17) is 4.74 Å². The van der Waals surface area contributed by atoms with Crippen LogP contribution in [-0.4, -0.2) is 49.2 Å². The molecule has 0 amide bonds. The summed E-state index contributed by atoms with van der Waals surface area (Å²) in [6.07, 6.45) is 3.80. The standard InChI is InChI=1S/C13H24N2O2/c1-3-11(10-5-6-10)15-8-7-14-9-12(15)13(16)17-4-2/h10-12,14H,3-9H2,1-2H3. The maximum Gasteiger partial charge on any atom is 0.324 e. The normalized spacial score (nSPS) is 27.8. The molecule has 2 unspecified atom stereocenters. The van der Waals surface area contributed by atoms with Crippen molar-refractivity contribution in [2.24, 2.45) is 5.92 Å². The Balaban J connectivity index is 2.02. The van der Waals surface area contributed by atoms with Crippen molar-refractivity contribution in [2.75, 3.05) is 26.2 Å². The second-order valence-corrected chi connectivity index (χ2v) is 5.02. The molecule has 1 heterocycles. The van der Waals surface area contributed by atoms with Gasteiger partial charge in [0, 0.05) is 25.7 Å². The first kappa shape index (κ1) is 12.8. The summed E-state index contributed by atoms with van der Waals surface area (Å²) < 4.78 is 5.19. The van der Waals surface area contributed by atoms with Gasteiger partial charge in [0.1, 0.15) is 6.04 Å². The minimum atomic E-state index is -0.0748. The van der Waals surface area contributed by atoms with Gasteiger partial charge in [0.2, 0.25) is 0 Å². The summed E-state index contributed by atoms with van der Waals surface area (Å²) in [6, 6.07) is 0.501. The molecule has 0 aromatic heterocycles. The molecular formula is C13H24N2O2. The van der Waals surface area contributed by atoms with Crippen molar-refractivity contribution in [1.29, 1.82) is 0 Å². The molecule has 0 aromatic rings. The number of piperazine rings is 1. The molecule has 17 heavy (non-hydrogen) atoms. The first-order valence-corrected chi connectivity index (χ1v) is 6.91. The lowest BCUT2D eigenvalue weighted by atomic mass is 10.0. The molecule has 2 atom stereocenters. The monoisotopic (exact) mass is 240 g/mol. The molecule has 1 N–H and O–H groups in total. The number of esters is 1. The van der Waals surface area contributed by atoms with Crippen LogP contribution in [-0.2, 0) is 9.53 Å². The summed E-state index contributed by atoms with van der Waals surface area (Å²) >= 11 is 0. The number of hydrogen-bond acceptors (Lipinski definition) is 4. The molecule has 2 rings (SSSR count). The molecule has 2 aliphatic rings. The van der Waals surface area contributed by atoms with Gasteiger partial charge >= 0.3 is 5.97 Å². The van der Waals surface area contributed by atoms with E-state index >= 15 is 0 Å². The Morgan fingerprint density at radius 2 is 2.24 bits per heavy atom. The van der Waals surface area contributed by atoms with Crippen molar-refractivity contribution in [1.82, 2.24) is 10.2 Å². The summed E-state index contributed by atoms with van der Waals surface area (Å²) in [4.78, 5) is 14.3. The van der Waals surface area contributed by atoms with Crippen LogP contribution in [0.3, 0.4) is 0 Å². The van der Waals surface area contributed by atoms with Crippen LogP contribution in [0.4, 0.5) is 0 Å². The van der Waals surface area contributed by atoms with Crippen molar-refractivity contribution >= 4 is 5.97 Å². The summed E-state index contributed by atoms with van der Waals surface area (Å²) in [6.45, 7) is 7.27. The van der Waals surface area contributed by atoms with Crippen LogP contribution >= 0.6 is 0 Å². The van der Waals surface area contributed by atoms with Gasteiger partial charge in [-0.15, -0.1) is 0 Å². The zero-order valence-electron chi connectivity index (χ0n) is 10.9. The zero-order chi connectivity index (χ0) is 12.3. The van der Waals surface area contributed by atoms with Crippen molar-refractivity contribution in [3.63, 3.8) is 0 Å². The molecule has 0 radical (unpaired) electrons. The van der Waals surface area contributed by atoms with Crippen LogP contribution in [0.5, 0.6) is 0 Å². The lowest BCUT2D eigenvalue weighted by Gasteiger charge is -2.40. The van der Waals surface area contributed by atoms with Crippen LogP contribution in [0.15, 0.2) is 0 Å². The Bertz CT molecular complexity index is 266. The highest BCUT2D eigenvalue weighted by atomic mass is 16.5. The first-order chi connectivity index (χ1) is 8.27. The number of carbonyl (C=O) groups is 1. The van der Waals surface area contributed by atoms with Gasteiger partial charge in [-0.2, -0.15) is 0 Å². The topological polar surface area (TPSA) is 41.6 Å². The van der Waals surface area contributed by atoms with Gasteiger partial charge in [-0.25, -0.2) is 0 Å². The van der Waals surface area contributed by atoms with Gasteiger partial charge in [0.05, 0.1) is 6.61 Å². The van der Waals surface area contributed by atoms with Gasteiger partial charge < -0.3 is 10.1 Å². The van der Waals surface area contributed by atoms with E-state index in [1.54, 1.807) is 0 Å². The predicted octanol–water partition coefficient (Wildman–Crippen LogP) is 1.01. The fourth-order valence-corrected chi connectivity index (χ4v) is 2.89. The summed E-state index contributed by atoms with van der Waals surface area (Å²) in [5.74, 6) is 0.758. The van der Waals surface area contributed by atoms with Crippen LogP contribution in [0.1, 0.15) is 33.1 Å². The lowest BCUT2D eigenvalue weighted by Crippen LogP contribution is -2.59. The number of rotatable bonds is 5. The third-order valence-electron chi connectivity index (χ3n) is 3.85. The van der Waals surface area contributed by atoms with Crippen molar-refractivity contribution in [3.05, 3.63) is 0 Å². The molecule has 2 fully saturated rings. The van der Waals surface area contributed by atoms with Crippen molar-refractivity contribution in [2.45, 2.75) is 45.2 Å². The molecule has 1 aliphatic carbocycles. The van der Waals surface area contributed by atoms with Crippen molar-refractivity contribution in [3.8, 4) is 0 Å². The molecule has 4 heteroatoms. The SMILES string of the molecule is CCOC(=O)C1CNCCN1C(CC)C1CC1. The summed E-state index contributed by atoms with van der Waals surface area (Å²) in [7, 11) is 0. The fourth-order valence-electron chi connectivity index (χ4n) is 2.89. The number of carbonyl (C=O) groups excluding carboxylic acids is 1. The van der Waals surface area contributed by atoms with Crippen LogP contribution in [0.25, 0.3) is 0 Å². The first-order valence-electron chi connectivity index (χ1n) is 6.91. The molecule has 0 bridgehead atoms. The second kappa shape index (κ2) is 5.83. The molecule has 0 aromatic carbocycles. The van der Waals surface area contributed by atoms with Crippen LogP contribution in [0.2, 0.25) is 0 Å². The number of hydrogen-bond donors (Lipinski definition) is 1. The molecule has 0 spiro atoms. The Morgan fingerprint density at radius 1 is 1.47 bits per heavy atom. The molecule has 1 saturated carbocycles. The minimum absolute atomic E-state index is 0.0567. The van der Waals surface area contributed by atoms with E-state index in [1.807, 2.05) is 6.92 Å². The summed E-state index contributed by atoms with van der Waals surface area (Å²) in [5, 5.41) is 3.30. The van der Waals surface area contributed by atoms with Crippen molar-refractivity contribution < 1.29 is 9.53 Å². The number of ether oxygens (including phenoxy) is 1. The van der Waals surface area contributed by atoms with E-state index in [1.165, 1.54) is 12.8 Å². The number of nitrogens with zero attached hydrogens (tertiary/aromatic N) is 1. The van der Waals surface area contributed by atoms with E-state index in [-0.39, 0.29) is 12.0 Å². The number of nitrogens with one attached hydrogen (secondary N) is 1. The van der Waals surface area contributed by atoms with Gasteiger partial charge in [-0.05, 0) is 32.1 Å². The zero-order valence-corrected chi connectivity index (χ0v) is 10.9. The largest absolute Gasteiger partial charge is 0.465 e. The van der Waals surface area contributed by atoms with Crippen LogP contribution < -0.4 is 5.32 Å². The second-order valence-electron chi connectivity index (χ2n) is 5.02. The molecular weight excluding hydrogens is 216 g/mol. The lowest BCUT2D eigenvalue weighted by molar-refractivity contribution is -0.151. The Morgan fingerprint density at radius 3 is 2.82 bits per heavy atom. The summed E-state index contributed by atoms with van der Waals surface area (Å²) in [5.41, 5.74) is 0. The third-order valence-corrected chi connectivity index (χ3v) is 3.85. The molecule has 1 saturated heterocycles. The highest BCUT2D eigenvalue weighted by molar-refractivity contribution is 5.76.